The maximum atomic E-state index is 13.6. The van der Waals surface area contributed by atoms with Crippen LogP contribution in [0.4, 0.5) is 4.39 Å². The van der Waals surface area contributed by atoms with Crippen LogP contribution in [0.25, 0.3) is 0 Å². The second-order valence-corrected chi connectivity index (χ2v) is 3.82. The number of benzene rings is 1. The summed E-state index contributed by atoms with van der Waals surface area (Å²) < 4.78 is 18.7. The molecule has 1 amide bonds. The third-order valence-corrected chi connectivity index (χ3v) is 2.45. The first-order valence-corrected chi connectivity index (χ1v) is 5.94. The molecule has 0 radical (unpaired) electrons. The molecule has 0 aliphatic carbocycles. The van der Waals surface area contributed by atoms with Crippen molar-refractivity contribution in [2.75, 3.05) is 13.2 Å². The van der Waals surface area contributed by atoms with Gasteiger partial charge in [-0.15, -0.1) is 0 Å². The maximum Gasteiger partial charge on any atom is 0.219 e. The summed E-state index contributed by atoms with van der Waals surface area (Å²) >= 11 is 0. The summed E-state index contributed by atoms with van der Waals surface area (Å²) in [5.41, 5.74) is 5.97. The number of amides is 1. The van der Waals surface area contributed by atoms with Crippen molar-refractivity contribution in [3.05, 3.63) is 29.1 Å². The molecule has 0 unspecified atom stereocenters. The fourth-order valence-corrected chi connectivity index (χ4v) is 1.44. The summed E-state index contributed by atoms with van der Waals surface area (Å²) in [6, 6.07) is 4.40. The molecule has 0 saturated heterocycles. The minimum atomic E-state index is -0.615. The number of rotatable bonds is 6. The lowest BCUT2D eigenvalue weighted by atomic mass is 10.1. The smallest absolute Gasteiger partial charge is 0.219 e. The van der Waals surface area contributed by atoms with E-state index in [2.05, 4.69) is 5.32 Å². The van der Waals surface area contributed by atoms with E-state index >= 15 is 0 Å². The van der Waals surface area contributed by atoms with Gasteiger partial charge >= 0.3 is 0 Å². The zero-order chi connectivity index (χ0) is 14.3. The Bertz CT molecular complexity index is 497. The SMILES string of the molecule is CCC(=O)NCc1cc(OCCN)c(F)cc1C#N. The number of nitrogens with two attached hydrogens (primary N) is 1. The van der Waals surface area contributed by atoms with Gasteiger partial charge in [-0.2, -0.15) is 5.26 Å². The summed E-state index contributed by atoms with van der Waals surface area (Å²) in [5, 5.41) is 11.6. The lowest BCUT2D eigenvalue weighted by molar-refractivity contribution is -0.120. The van der Waals surface area contributed by atoms with E-state index in [0.717, 1.165) is 6.07 Å². The molecule has 0 heterocycles. The summed E-state index contributed by atoms with van der Waals surface area (Å²) in [6.07, 6.45) is 0.347. The second-order valence-electron chi connectivity index (χ2n) is 3.82. The van der Waals surface area contributed by atoms with E-state index in [9.17, 15) is 9.18 Å². The van der Waals surface area contributed by atoms with E-state index in [1.165, 1.54) is 6.07 Å². The average molecular weight is 265 g/mol. The summed E-state index contributed by atoms with van der Waals surface area (Å²) in [6.45, 7) is 2.33. The van der Waals surface area contributed by atoms with E-state index < -0.39 is 5.82 Å². The van der Waals surface area contributed by atoms with Crippen LogP contribution >= 0.6 is 0 Å². The van der Waals surface area contributed by atoms with Gasteiger partial charge in [0.2, 0.25) is 5.91 Å². The number of hydrogen-bond acceptors (Lipinski definition) is 4. The van der Waals surface area contributed by atoms with Crippen molar-refractivity contribution >= 4 is 5.91 Å². The molecule has 0 bridgehead atoms. The Labute approximate surface area is 111 Å². The van der Waals surface area contributed by atoms with Crippen molar-refractivity contribution in [1.82, 2.24) is 5.32 Å². The van der Waals surface area contributed by atoms with Crippen LogP contribution in [0.3, 0.4) is 0 Å². The lowest BCUT2D eigenvalue weighted by Gasteiger charge is -2.10. The largest absolute Gasteiger partial charge is 0.489 e. The molecule has 102 valence electrons. The topological polar surface area (TPSA) is 88.1 Å². The molecule has 0 fully saturated rings. The zero-order valence-electron chi connectivity index (χ0n) is 10.7. The molecule has 1 aromatic carbocycles. The number of ether oxygens (including phenoxy) is 1. The number of carbonyl (C=O) groups is 1. The number of carbonyl (C=O) groups excluding carboxylic acids is 1. The van der Waals surface area contributed by atoms with Crippen LogP contribution in [0.2, 0.25) is 0 Å². The van der Waals surface area contributed by atoms with Crippen LogP contribution in [0.15, 0.2) is 12.1 Å². The van der Waals surface area contributed by atoms with E-state index in [1.54, 1.807) is 6.92 Å². The third kappa shape index (κ3) is 4.23. The monoisotopic (exact) mass is 265 g/mol. The molecule has 3 N–H and O–H groups in total. The van der Waals surface area contributed by atoms with Crippen molar-refractivity contribution in [2.45, 2.75) is 19.9 Å². The summed E-state index contributed by atoms with van der Waals surface area (Å²) in [7, 11) is 0. The Hall–Kier alpha value is -2.13. The fraction of sp³-hybridized carbons (Fsp3) is 0.385. The molecule has 0 spiro atoms. The van der Waals surface area contributed by atoms with E-state index in [-0.39, 0.29) is 36.9 Å². The molecular formula is C13H16FN3O2. The zero-order valence-corrected chi connectivity index (χ0v) is 10.7. The number of nitrogens with one attached hydrogen (secondary N) is 1. The van der Waals surface area contributed by atoms with Gasteiger partial charge in [0.05, 0.1) is 11.6 Å². The molecule has 0 atom stereocenters. The first kappa shape index (κ1) is 14.9. The average Bonchev–Trinajstić information content (AvgIpc) is 2.43. The Balaban J connectivity index is 2.93. The van der Waals surface area contributed by atoms with Gasteiger partial charge in [-0.25, -0.2) is 4.39 Å². The fourth-order valence-electron chi connectivity index (χ4n) is 1.44. The maximum absolute atomic E-state index is 13.6. The summed E-state index contributed by atoms with van der Waals surface area (Å²) in [4.78, 5) is 11.2. The first-order chi connectivity index (χ1) is 9.12. The molecule has 0 aliphatic heterocycles. The Morgan fingerprint density at radius 1 is 1.58 bits per heavy atom. The molecule has 1 aromatic rings. The van der Waals surface area contributed by atoms with Crippen molar-refractivity contribution in [3.8, 4) is 11.8 Å². The van der Waals surface area contributed by atoms with E-state index in [4.69, 9.17) is 15.7 Å². The number of nitriles is 1. The molecule has 1 rings (SSSR count). The second kappa shape index (κ2) is 7.34. The van der Waals surface area contributed by atoms with Gasteiger partial charge < -0.3 is 15.8 Å². The van der Waals surface area contributed by atoms with Crippen LogP contribution in [0, 0.1) is 17.1 Å². The van der Waals surface area contributed by atoms with Gasteiger partial charge in [0, 0.05) is 19.5 Å². The molecular weight excluding hydrogens is 249 g/mol. The Morgan fingerprint density at radius 2 is 2.32 bits per heavy atom. The van der Waals surface area contributed by atoms with Gasteiger partial charge in [-0.05, 0) is 17.7 Å². The Morgan fingerprint density at radius 3 is 2.89 bits per heavy atom. The van der Waals surface area contributed by atoms with Crippen LogP contribution < -0.4 is 15.8 Å². The van der Waals surface area contributed by atoms with Gasteiger partial charge in [-0.3, -0.25) is 4.79 Å². The van der Waals surface area contributed by atoms with Crippen molar-refractivity contribution in [1.29, 1.82) is 5.26 Å². The quantitative estimate of drug-likeness (QED) is 0.805. The molecule has 19 heavy (non-hydrogen) atoms. The van der Waals surface area contributed by atoms with Gasteiger partial charge in [-0.1, -0.05) is 6.92 Å². The van der Waals surface area contributed by atoms with E-state index in [1.807, 2.05) is 6.07 Å². The third-order valence-electron chi connectivity index (χ3n) is 2.45. The minimum absolute atomic E-state index is 0.0326. The van der Waals surface area contributed by atoms with Crippen molar-refractivity contribution in [3.63, 3.8) is 0 Å². The highest BCUT2D eigenvalue weighted by Gasteiger charge is 2.11. The number of nitrogens with zero attached hydrogens (tertiary/aromatic N) is 1. The Kier molecular flexibility index (Phi) is 5.76. The van der Waals surface area contributed by atoms with Crippen LogP contribution in [0.5, 0.6) is 5.75 Å². The highest BCUT2D eigenvalue weighted by Crippen LogP contribution is 2.22. The van der Waals surface area contributed by atoms with Gasteiger partial charge in [0.15, 0.2) is 11.6 Å². The number of hydrogen-bond donors (Lipinski definition) is 2. The molecule has 0 aliphatic rings. The van der Waals surface area contributed by atoms with Crippen LogP contribution in [-0.2, 0) is 11.3 Å². The van der Waals surface area contributed by atoms with Crippen LogP contribution in [-0.4, -0.2) is 19.1 Å². The van der Waals surface area contributed by atoms with Crippen LogP contribution in [0.1, 0.15) is 24.5 Å². The molecule has 0 saturated carbocycles. The minimum Gasteiger partial charge on any atom is -0.489 e. The molecule has 5 nitrogen and oxygen atoms in total. The van der Waals surface area contributed by atoms with E-state index in [0.29, 0.717) is 12.0 Å². The van der Waals surface area contributed by atoms with Gasteiger partial charge in [0.1, 0.15) is 6.61 Å². The highest BCUT2D eigenvalue weighted by atomic mass is 19.1. The lowest BCUT2D eigenvalue weighted by Crippen LogP contribution is -2.22. The van der Waals surface area contributed by atoms with Gasteiger partial charge in [0.25, 0.3) is 0 Å². The molecule has 6 heteroatoms. The summed E-state index contributed by atoms with van der Waals surface area (Å²) in [5.74, 6) is -0.724. The number of halogens is 1. The van der Waals surface area contributed by atoms with Crippen molar-refractivity contribution < 1.29 is 13.9 Å². The predicted molar refractivity (Wildman–Crippen MR) is 67.8 cm³/mol. The standard InChI is InChI=1S/C13H16FN3O2/c1-2-13(18)17-8-10-6-12(19-4-3-15)11(14)5-9(10)7-16/h5-6H,2-4,8,15H2,1H3,(H,17,18). The first-order valence-electron chi connectivity index (χ1n) is 5.94. The predicted octanol–water partition coefficient (Wildman–Crippen LogP) is 1.06. The van der Waals surface area contributed by atoms with Crippen molar-refractivity contribution in [2.24, 2.45) is 5.73 Å². The molecule has 0 aromatic heterocycles. The normalized spacial score (nSPS) is 9.79. The highest BCUT2D eigenvalue weighted by molar-refractivity contribution is 5.75.